The Morgan fingerprint density at radius 3 is 2.47 bits per heavy atom. The van der Waals surface area contributed by atoms with Gasteiger partial charge in [-0.3, -0.25) is 0 Å². The van der Waals surface area contributed by atoms with Gasteiger partial charge >= 0.3 is 5.97 Å². The van der Waals surface area contributed by atoms with Crippen LogP contribution in [0.15, 0.2) is 36.4 Å². The van der Waals surface area contributed by atoms with Crippen molar-refractivity contribution in [3.8, 4) is 0 Å². The number of hydrogen-bond acceptors (Lipinski definition) is 2. The molecule has 1 atom stereocenters. The summed E-state index contributed by atoms with van der Waals surface area (Å²) in [7, 11) is 0. The van der Waals surface area contributed by atoms with Gasteiger partial charge in [0.2, 0.25) is 0 Å². The number of rotatable bonds is 4. The molecule has 4 heteroatoms. The fraction of sp³-hybridized carbons (Fsp3) is 0.308. The molecule has 0 heterocycles. The SMILES string of the molecule is C=C(C(=O)OC(C)C)C(F)c1ccccc1F. The molecule has 92 valence electrons. The quantitative estimate of drug-likeness (QED) is 0.596. The smallest absolute Gasteiger partial charge is 0.336 e. The van der Waals surface area contributed by atoms with E-state index in [0.29, 0.717) is 0 Å². The lowest BCUT2D eigenvalue weighted by Crippen LogP contribution is -2.16. The van der Waals surface area contributed by atoms with E-state index >= 15 is 0 Å². The summed E-state index contributed by atoms with van der Waals surface area (Å²) in [5.41, 5.74) is -0.609. The molecule has 0 N–H and O–H groups in total. The van der Waals surface area contributed by atoms with Crippen LogP contribution in [0.4, 0.5) is 8.78 Å². The summed E-state index contributed by atoms with van der Waals surface area (Å²) < 4.78 is 31.9. The molecule has 1 rings (SSSR count). The third kappa shape index (κ3) is 3.37. The van der Waals surface area contributed by atoms with E-state index in [2.05, 4.69) is 6.58 Å². The van der Waals surface area contributed by atoms with Gasteiger partial charge in [0.15, 0.2) is 6.17 Å². The first-order valence-electron chi connectivity index (χ1n) is 5.21. The van der Waals surface area contributed by atoms with Crippen LogP contribution in [0.2, 0.25) is 0 Å². The van der Waals surface area contributed by atoms with E-state index in [1.807, 2.05) is 0 Å². The first kappa shape index (κ1) is 13.4. The van der Waals surface area contributed by atoms with Crippen LogP contribution in [0.5, 0.6) is 0 Å². The molecule has 1 aromatic rings. The summed E-state index contributed by atoms with van der Waals surface area (Å²) in [6, 6.07) is 5.34. The summed E-state index contributed by atoms with van der Waals surface area (Å²) in [4.78, 5) is 11.4. The Balaban J connectivity index is 2.84. The Hall–Kier alpha value is -1.71. The number of hydrogen-bond donors (Lipinski definition) is 0. The van der Waals surface area contributed by atoms with Crippen LogP contribution in [0.1, 0.15) is 25.6 Å². The Kier molecular flexibility index (Phi) is 4.37. The van der Waals surface area contributed by atoms with Gasteiger partial charge in [-0.15, -0.1) is 0 Å². The molecule has 0 aliphatic heterocycles. The van der Waals surface area contributed by atoms with Gasteiger partial charge in [-0.2, -0.15) is 0 Å². The number of halogens is 2. The molecule has 0 saturated carbocycles. The van der Waals surface area contributed by atoms with E-state index in [-0.39, 0.29) is 11.7 Å². The maximum absolute atomic E-state index is 13.8. The van der Waals surface area contributed by atoms with E-state index in [9.17, 15) is 13.6 Å². The maximum Gasteiger partial charge on any atom is 0.336 e. The van der Waals surface area contributed by atoms with Gasteiger partial charge in [-0.05, 0) is 19.9 Å². The number of carbonyl (C=O) groups excluding carboxylic acids is 1. The van der Waals surface area contributed by atoms with Crippen molar-refractivity contribution < 1.29 is 18.3 Å². The summed E-state index contributed by atoms with van der Waals surface area (Å²) in [6.07, 6.45) is -2.26. The van der Waals surface area contributed by atoms with E-state index in [0.717, 1.165) is 6.07 Å². The second-order valence-corrected chi connectivity index (χ2v) is 3.86. The Bertz CT molecular complexity index is 427. The topological polar surface area (TPSA) is 26.3 Å². The summed E-state index contributed by atoms with van der Waals surface area (Å²) >= 11 is 0. The molecular formula is C13H14F2O2. The molecule has 0 radical (unpaired) electrons. The Labute approximate surface area is 98.9 Å². The second kappa shape index (κ2) is 5.57. The fourth-order valence-electron chi connectivity index (χ4n) is 1.26. The molecule has 1 unspecified atom stereocenters. The van der Waals surface area contributed by atoms with Crippen molar-refractivity contribution in [2.45, 2.75) is 26.1 Å². The van der Waals surface area contributed by atoms with Crippen LogP contribution in [0, 0.1) is 5.82 Å². The molecule has 0 spiro atoms. The molecular weight excluding hydrogens is 226 g/mol. The van der Waals surface area contributed by atoms with Gasteiger partial charge in [0.05, 0.1) is 11.7 Å². The van der Waals surface area contributed by atoms with Crippen molar-refractivity contribution >= 4 is 5.97 Å². The molecule has 0 fully saturated rings. The number of carbonyl (C=O) groups is 1. The number of alkyl halides is 1. The first-order valence-corrected chi connectivity index (χ1v) is 5.21. The summed E-state index contributed by atoms with van der Waals surface area (Å²) in [5, 5.41) is 0. The van der Waals surface area contributed by atoms with Gasteiger partial charge in [0.1, 0.15) is 5.82 Å². The molecule has 0 aliphatic rings. The molecule has 0 amide bonds. The van der Waals surface area contributed by atoms with Crippen LogP contribution in [0.3, 0.4) is 0 Å². The van der Waals surface area contributed by atoms with E-state index < -0.39 is 23.5 Å². The molecule has 0 aliphatic carbocycles. The highest BCUT2D eigenvalue weighted by Gasteiger charge is 2.24. The monoisotopic (exact) mass is 240 g/mol. The summed E-state index contributed by atoms with van der Waals surface area (Å²) in [6.45, 7) is 6.59. The average molecular weight is 240 g/mol. The van der Waals surface area contributed by atoms with Crippen LogP contribution in [-0.4, -0.2) is 12.1 Å². The highest BCUT2D eigenvalue weighted by atomic mass is 19.1. The zero-order valence-electron chi connectivity index (χ0n) is 9.74. The standard InChI is InChI=1S/C13H14F2O2/c1-8(2)17-13(16)9(3)12(15)10-6-4-5-7-11(10)14/h4-8,12H,3H2,1-2H3. The third-order valence-corrected chi connectivity index (χ3v) is 2.09. The third-order valence-electron chi connectivity index (χ3n) is 2.09. The van der Waals surface area contributed by atoms with Crippen molar-refractivity contribution in [2.75, 3.05) is 0 Å². The Morgan fingerprint density at radius 1 is 1.35 bits per heavy atom. The van der Waals surface area contributed by atoms with Crippen LogP contribution < -0.4 is 0 Å². The number of esters is 1. The van der Waals surface area contributed by atoms with Crippen molar-refractivity contribution in [1.29, 1.82) is 0 Å². The van der Waals surface area contributed by atoms with Crippen LogP contribution in [0.25, 0.3) is 0 Å². The molecule has 2 nitrogen and oxygen atoms in total. The normalized spacial score (nSPS) is 12.3. The highest BCUT2D eigenvalue weighted by Crippen LogP contribution is 2.27. The molecule has 17 heavy (non-hydrogen) atoms. The molecule has 0 aromatic heterocycles. The second-order valence-electron chi connectivity index (χ2n) is 3.86. The Morgan fingerprint density at radius 2 is 1.94 bits per heavy atom. The predicted octanol–water partition coefficient (Wildman–Crippen LogP) is 3.34. The minimum absolute atomic E-state index is 0.210. The number of benzene rings is 1. The van der Waals surface area contributed by atoms with Gasteiger partial charge < -0.3 is 4.74 Å². The zero-order valence-corrected chi connectivity index (χ0v) is 9.74. The van der Waals surface area contributed by atoms with Crippen molar-refractivity contribution in [3.05, 3.63) is 47.8 Å². The van der Waals surface area contributed by atoms with Crippen LogP contribution in [-0.2, 0) is 9.53 Å². The lowest BCUT2D eigenvalue weighted by Gasteiger charge is -2.13. The first-order chi connectivity index (χ1) is 7.93. The zero-order chi connectivity index (χ0) is 13.0. The predicted molar refractivity (Wildman–Crippen MR) is 60.6 cm³/mol. The van der Waals surface area contributed by atoms with E-state index in [4.69, 9.17) is 4.74 Å². The van der Waals surface area contributed by atoms with Gasteiger partial charge in [0.25, 0.3) is 0 Å². The van der Waals surface area contributed by atoms with Crippen molar-refractivity contribution in [1.82, 2.24) is 0 Å². The van der Waals surface area contributed by atoms with Crippen molar-refractivity contribution in [2.24, 2.45) is 0 Å². The maximum atomic E-state index is 13.8. The lowest BCUT2D eigenvalue weighted by atomic mass is 10.0. The lowest BCUT2D eigenvalue weighted by molar-refractivity contribution is -0.143. The highest BCUT2D eigenvalue weighted by molar-refractivity contribution is 5.89. The number of ether oxygens (including phenoxy) is 1. The molecule has 1 aromatic carbocycles. The molecule has 0 bridgehead atoms. The van der Waals surface area contributed by atoms with E-state index in [1.54, 1.807) is 13.8 Å². The minimum Gasteiger partial charge on any atom is -0.460 e. The minimum atomic E-state index is -1.89. The van der Waals surface area contributed by atoms with Gasteiger partial charge in [0, 0.05) is 5.56 Å². The van der Waals surface area contributed by atoms with Crippen LogP contribution >= 0.6 is 0 Å². The largest absolute Gasteiger partial charge is 0.460 e. The van der Waals surface area contributed by atoms with E-state index in [1.165, 1.54) is 18.2 Å². The van der Waals surface area contributed by atoms with Gasteiger partial charge in [-0.1, -0.05) is 24.8 Å². The summed E-state index contributed by atoms with van der Waals surface area (Å²) in [5.74, 6) is -1.56. The molecule has 0 saturated heterocycles. The average Bonchev–Trinajstić information content (AvgIpc) is 2.27. The van der Waals surface area contributed by atoms with Gasteiger partial charge in [-0.25, -0.2) is 13.6 Å². The van der Waals surface area contributed by atoms with Crippen molar-refractivity contribution in [3.63, 3.8) is 0 Å². The fourth-order valence-corrected chi connectivity index (χ4v) is 1.26.